The molecule has 0 aliphatic carbocycles. The molecule has 4 atom stereocenters. The summed E-state index contributed by atoms with van der Waals surface area (Å²) in [5.74, 6) is -1.86. The van der Waals surface area contributed by atoms with E-state index < -0.39 is 50.3 Å². The fraction of sp³-hybridized carbons (Fsp3) is 0.333. The molecule has 41 heavy (non-hydrogen) atoms. The molecular formula is C27H28F2N3O8P. The number of phosphoric acid groups is 1. The normalized spacial score (nSPS) is 23.2. The smallest absolute Gasteiger partial charge is 0.290 e. The van der Waals surface area contributed by atoms with Crippen LogP contribution in [0.2, 0.25) is 0 Å². The minimum Gasteiger partial charge on any atom is -0.756 e. The fourth-order valence-electron chi connectivity index (χ4n) is 4.98. The van der Waals surface area contributed by atoms with Crippen LogP contribution in [-0.2, 0) is 30.1 Å². The average Bonchev–Trinajstić information content (AvgIpc) is 3.31. The molecule has 2 aliphatic heterocycles. The van der Waals surface area contributed by atoms with Gasteiger partial charge in [0.25, 0.3) is 20.1 Å². The minimum absolute atomic E-state index is 0.0795. The predicted molar refractivity (Wildman–Crippen MR) is 137 cm³/mol. The molecule has 2 aliphatic rings. The largest absolute Gasteiger partial charge is 0.756 e. The zero-order valence-electron chi connectivity index (χ0n) is 22.4. The predicted octanol–water partition coefficient (Wildman–Crippen LogP) is 2.52. The molecule has 5 rings (SSSR count). The van der Waals surface area contributed by atoms with Gasteiger partial charge in [-0.15, -0.1) is 0 Å². The molecule has 1 unspecified atom stereocenters. The van der Waals surface area contributed by atoms with Gasteiger partial charge in [0, 0.05) is 6.92 Å². The number of aryl methyl sites for hydroxylation is 1. The van der Waals surface area contributed by atoms with Gasteiger partial charge in [0.2, 0.25) is 0 Å². The van der Waals surface area contributed by atoms with Crippen LogP contribution in [0.1, 0.15) is 29.8 Å². The van der Waals surface area contributed by atoms with Crippen LogP contribution < -0.4 is 14.2 Å². The second-order valence-electron chi connectivity index (χ2n) is 9.76. The molecule has 14 heteroatoms. The molecule has 0 bridgehead atoms. The number of rotatable bonds is 7. The van der Waals surface area contributed by atoms with E-state index in [4.69, 9.17) is 19.1 Å². The van der Waals surface area contributed by atoms with Crippen molar-refractivity contribution in [3.63, 3.8) is 0 Å². The summed E-state index contributed by atoms with van der Waals surface area (Å²) in [4.78, 5) is 35.1. The number of halogens is 2. The highest BCUT2D eigenvalue weighted by molar-refractivity contribution is 7.44. The lowest BCUT2D eigenvalue weighted by atomic mass is 9.97. The maximum absolute atomic E-state index is 14.0. The lowest BCUT2D eigenvalue weighted by Crippen LogP contribution is -2.59. The Kier molecular flexibility index (Phi) is 8.00. The third kappa shape index (κ3) is 6.04. The van der Waals surface area contributed by atoms with Crippen molar-refractivity contribution >= 4 is 19.8 Å². The standard InChI is InChI=1S/C27H28F2N3O8P/c1-16-11-30(14-31(16)15-39-41(34,35)36)22-7-4-18(8-25(22)37-3)9-26-27(33)32-23(17(2)40-26)12-38-13-24(32)19-5-6-20(28)21(29)10-19/h4-11,14,17,23-24H,12-13,15H2,1-3H3,(H-,34,35,36)/t17-,23+,24-/m0/s1. The fourth-order valence-corrected chi connectivity index (χ4v) is 5.25. The Morgan fingerprint density at radius 2 is 2.00 bits per heavy atom. The van der Waals surface area contributed by atoms with Crippen molar-refractivity contribution in [3.8, 4) is 11.4 Å². The summed E-state index contributed by atoms with van der Waals surface area (Å²) in [6.07, 6.45) is 4.45. The van der Waals surface area contributed by atoms with Gasteiger partial charge in [0.1, 0.15) is 18.0 Å². The molecule has 2 fully saturated rings. The van der Waals surface area contributed by atoms with E-state index in [1.165, 1.54) is 17.7 Å². The molecule has 2 aromatic carbocycles. The number of fused-ring (bicyclic) bond motifs is 1. The van der Waals surface area contributed by atoms with Crippen LogP contribution in [0.25, 0.3) is 11.8 Å². The van der Waals surface area contributed by atoms with Crippen molar-refractivity contribution < 1.29 is 51.2 Å². The number of amides is 1. The third-order valence-corrected chi connectivity index (χ3v) is 7.51. The van der Waals surface area contributed by atoms with Crippen LogP contribution in [0.4, 0.5) is 8.78 Å². The molecule has 218 valence electrons. The first-order chi connectivity index (χ1) is 19.4. The molecule has 0 saturated carbocycles. The van der Waals surface area contributed by atoms with Crippen molar-refractivity contribution in [2.45, 2.75) is 38.8 Å². The van der Waals surface area contributed by atoms with Crippen LogP contribution in [0.5, 0.6) is 5.75 Å². The summed E-state index contributed by atoms with van der Waals surface area (Å²) in [6, 6.07) is 7.71. The van der Waals surface area contributed by atoms with E-state index in [-0.39, 0.29) is 19.0 Å². The summed E-state index contributed by atoms with van der Waals surface area (Å²) >= 11 is 0. The van der Waals surface area contributed by atoms with E-state index in [2.05, 4.69) is 4.52 Å². The molecule has 0 spiro atoms. The van der Waals surface area contributed by atoms with Gasteiger partial charge in [-0.1, -0.05) is 12.1 Å². The van der Waals surface area contributed by atoms with Crippen molar-refractivity contribution in [3.05, 3.63) is 83.1 Å². The number of methoxy groups -OCH3 is 1. The number of phosphoric ester groups is 1. The van der Waals surface area contributed by atoms with Gasteiger partial charge in [-0.3, -0.25) is 13.9 Å². The summed E-state index contributed by atoms with van der Waals surface area (Å²) in [5.41, 5.74) is 2.28. The van der Waals surface area contributed by atoms with E-state index >= 15 is 0 Å². The Hall–Kier alpha value is -3.61. The van der Waals surface area contributed by atoms with Crippen LogP contribution >= 0.6 is 7.82 Å². The Labute approximate surface area is 234 Å². The number of imidazole rings is 1. The van der Waals surface area contributed by atoms with Crippen LogP contribution in [0.3, 0.4) is 0 Å². The highest BCUT2D eigenvalue weighted by Crippen LogP contribution is 2.36. The quantitative estimate of drug-likeness (QED) is 0.253. The van der Waals surface area contributed by atoms with E-state index in [9.17, 15) is 23.0 Å². The Bertz CT molecular complexity index is 1560. The zero-order valence-corrected chi connectivity index (χ0v) is 23.3. The lowest BCUT2D eigenvalue weighted by molar-refractivity contribution is -0.596. The van der Waals surface area contributed by atoms with Gasteiger partial charge in [-0.05, 0) is 48.4 Å². The van der Waals surface area contributed by atoms with Crippen molar-refractivity contribution in [2.75, 3.05) is 20.3 Å². The summed E-state index contributed by atoms with van der Waals surface area (Å²) < 4.78 is 63.5. The monoisotopic (exact) mass is 591 g/mol. The molecule has 1 N–H and O–H groups in total. The highest BCUT2D eigenvalue weighted by atomic mass is 31.2. The van der Waals surface area contributed by atoms with Crippen molar-refractivity contribution in [1.29, 1.82) is 0 Å². The lowest BCUT2D eigenvalue weighted by Gasteiger charge is -2.47. The van der Waals surface area contributed by atoms with Gasteiger partial charge >= 0.3 is 0 Å². The number of carbonyl (C=O) groups is 1. The second kappa shape index (κ2) is 11.3. The molecule has 2 saturated heterocycles. The highest BCUT2D eigenvalue weighted by Gasteiger charge is 2.45. The van der Waals surface area contributed by atoms with Gasteiger partial charge < -0.3 is 28.9 Å². The maximum atomic E-state index is 14.0. The number of aromatic nitrogens is 2. The molecule has 0 radical (unpaired) electrons. The average molecular weight is 592 g/mol. The minimum atomic E-state index is -4.89. The van der Waals surface area contributed by atoms with Crippen LogP contribution in [-0.4, -0.2) is 52.7 Å². The van der Waals surface area contributed by atoms with E-state index in [1.54, 1.807) is 53.2 Å². The number of hydrogen-bond acceptors (Lipinski definition) is 7. The summed E-state index contributed by atoms with van der Waals surface area (Å²) in [6.45, 7) is 3.51. The number of nitrogens with zero attached hydrogens (tertiary/aromatic N) is 3. The molecule has 3 aromatic rings. The van der Waals surface area contributed by atoms with E-state index in [1.807, 2.05) is 6.92 Å². The molecule has 1 aromatic heterocycles. The van der Waals surface area contributed by atoms with Gasteiger partial charge in [-0.25, -0.2) is 13.3 Å². The summed E-state index contributed by atoms with van der Waals surface area (Å²) in [7, 11) is -3.41. The molecule has 3 heterocycles. The SMILES string of the molecule is COc1cc(C=C2O[C@@H](C)[C@H]3COC[C@@H](c4ccc(F)c(F)c4)N3C2=O)ccc1-[n+]1cc(C)n(COP(=O)([O-])O)c1. The number of morpholine rings is 2. The molecule has 11 nitrogen and oxygen atoms in total. The Balaban J connectivity index is 1.43. The number of carbonyl (C=O) groups excluding carboxylic acids is 1. The van der Waals surface area contributed by atoms with Crippen molar-refractivity contribution in [2.24, 2.45) is 0 Å². The zero-order chi connectivity index (χ0) is 29.5. The van der Waals surface area contributed by atoms with Gasteiger partial charge in [0.15, 0.2) is 35.6 Å². The van der Waals surface area contributed by atoms with E-state index in [0.29, 0.717) is 28.3 Å². The number of hydrogen-bond donors (Lipinski definition) is 1. The molecule has 1 amide bonds. The van der Waals surface area contributed by atoms with Crippen molar-refractivity contribution in [1.82, 2.24) is 9.47 Å². The Morgan fingerprint density at radius 1 is 1.22 bits per heavy atom. The first-order valence-electron chi connectivity index (χ1n) is 12.6. The number of ether oxygens (including phenoxy) is 3. The van der Waals surface area contributed by atoms with E-state index in [0.717, 1.165) is 12.1 Å². The topological polar surface area (TPSA) is 126 Å². The first kappa shape index (κ1) is 28.9. The first-order valence-corrected chi connectivity index (χ1v) is 14.1. The van der Waals surface area contributed by atoms with Gasteiger partial charge in [-0.2, -0.15) is 4.57 Å². The van der Waals surface area contributed by atoms with Crippen LogP contribution in [0, 0.1) is 18.6 Å². The maximum Gasteiger partial charge on any atom is 0.290 e. The third-order valence-electron chi connectivity index (χ3n) is 7.07. The molecular weight excluding hydrogens is 563 g/mol. The Morgan fingerprint density at radius 3 is 2.71 bits per heavy atom. The number of benzene rings is 2. The van der Waals surface area contributed by atoms with Gasteiger partial charge in [0.05, 0.1) is 32.4 Å². The summed E-state index contributed by atoms with van der Waals surface area (Å²) in [5, 5.41) is 0. The second-order valence-corrected chi connectivity index (χ2v) is 11.0. The van der Waals surface area contributed by atoms with Crippen LogP contribution in [0.15, 0.2) is 54.7 Å².